The van der Waals surface area contributed by atoms with Crippen molar-refractivity contribution in [3.8, 4) is 5.75 Å². The lowest BCUT2D eigenvalue weighted by Gasteiger charge is -2.08. The van der Waals surface area contributed by atoms with Gasteiger partial charge in [-0.3, -0.25) is 9.59 Å². The Bertz CT molecular complexity index is 654. The first-order valence-corrected chi connectivity index (χ1v) is 7.66. The van der Waals surface area contributed by atoms with Gasteiger partial charge in [-0.15, -0.1) is 0 Å². The average molecular weight is 410 g/mol. The lowest BCUT2D eigenvalue weighted by molar-refractivity contribution is -0.118. The van der Waals surface area contributed by atoms with Gasteiger partial charge in [-0.25, -0.2) is 0 Å². The van der Waals surface area contributed by atoms with Crippen molar-refractivity contribution in [1.82, 2.24) is 0 Å². The molecule has 0 fully saturated rings. The van der Waals surface area contributed by atoms with Crippen molar-refractivity contribution >= 4 is 40.1 Å². The average Bonchev–Trinajstić information content (AvgIpc) is 2.48. The number of benzene rings is 2. The first-order chi connectivity index (χ1) is 10.5. The molecule has 0 aliphatic rings. The molecule has 0 aliphatic heterocycles. The van der Waals surface area contributed by atoms with E-state index >= 15 is 0 Å². The van der Waals surface area contributed by atoms with E-state index in [0.717, 1.165) is 14.8 Å². The Labute approximate surface area is 142 Å². The summed E-state index contributed by atoms with van der Waals surface area (Å²) >= 11 is 2.20. The zero-order valence-electron chi connectivity index (χ0n) is 11.7. The molecule has 0 atom stereocenters. The highest BCUT2D eigenvalue weighted by Crippen LogP contribution is 2.13. The van der Waals surface area contributed by atoms with Crippen molar-refractivity contribution in [2.24, 2.45) is 5.73 Å². The molecule has 2 aromatic carbocycles. The lowest BCUT2D eigenvalue weighted by atomic mass is 10.1. The molecule has 0 spiro atoms. The number of ether oxygens (including phenoxy) is 1. The standard InChI is InChI=1S/C16H15IN2O3/c17-12-3-5-13(6-4-12)19-16(21)10-22-14-7-1-11(2-8-14)9-15(18)20/h1-8H,9-10H2,(H2,18,20)(H,19,21). The van der Waals surface area contributed by atoms with Crippen LogP contribution in [0.2, 0.25) is 0 Å². The van der Waals surface area contributed by atoms with Crippen molar-refractivity contribution in [3.05, 3.63) is 57.7 Å². The molecule has 0 aliphatic carbocycles. The lowest BCUT2D eigenvalue weighted by Crippen LogP contribution is -2.20. The van der Waals surface area contributed by atoms with Gasteiger partial charge in [0.1, 0.15) is 5.75 Å². The largest absolute Gasteiger partial charge is 0.484 e. The Morgan fingerprint density at radius 3 is 2.27 bits per heavy atom. The van der Waals surface area contributed by atoms with Crippen LogP contribution < -0.4 is 15.8 Å². The second-order valence-corrected chi connectivity index (χ2v) is 5.88. The second-order valence-electron chi connectivity index (χ2n) is 4.63. The van der Waals surface area contributed by atoms with E-state index in [-0.39, 0.29) is 24.8 Å². The van der Waals surface area contributed by atoms with Crippen LogP contribution in [0.25, 0.3) is 0 Å². The van der Waals surface area contributed by atoms with Gasteiger partial charge in [-0.1, -0.05) is 12.1 Å². The molecule has 5 nitrogen and oxygen atoms in total. The summed E-state index contributed by atoms with van der Waals surface area (Å²) in [6.45, 7) is -0.0822. The summed E-state index contributed by atoms with van der Waals surface area (Å²) in [7, 11) is 0. The highest BCUT2D eigenvalue weighted by Gasteiger charge is 2.04. The van der Waals surface area contributed by atoms with Gasteiger partial charge in [-0.05, 0) is 64.6 Å². The zero-order chi connectivity index (χ0) is 15.9. The summed E-state index contributed by atoms with van der Waals surface area (Å²) in [6.07, 6.45) is 0.188. The van der Waals surface area contributed by atoms with Gasteiger partial charge < -0.3 is 15.8 Å². The fourth-order valence-corrected chi connectivity index (χ4v) is 2.14. The molecule has 2 amide bonds. The topological polar surface area (TPSA) is 81.4 Å². The highest BCUT2D eigenvalue weighted by atomic mass is 127. The first-order valence-electron chi connectivity index (χ1n) is 6.58. The van der Waals surface area contributed by atoms with E-state index in [1.54, 1.807) is 24.3 Å². The van der Waals surface area contributed by atoms with Gasteiger partial charge in [-0.2, -0.15) is 0 Å². The molecule has 2 rings (SSSR count). The van der Waals surface area contributed by atoms with E-state index < -0.39 is 0 Å². The molecule has 6 heteroatoms. The number of anilines is 1. The number of nitrogens with two attached hydrogens (primary N) is 1. The molecule has 0 unspecified atom stereocenters. The normalized spacial score (nSPS) is 10.0. The zero-order valence-corrected chi connectivity index (χ0v) is 13.9. The number of amides is 2. The number of hydrogen-bond acceptors (Lipinski definition) is 3. The van der Waals surface area contributed by atoms with E-state index in [1.165, 1.54) is 0 Å². The Morgan fingerprint density at radius 1 is 1.05 bits per heavy atom. The number of nitrogens with one attached hydrogen (secondary N) is 1. The predicted molar refractivity (Wildman–Crippen MR) is 92.6 cm³/mol. The predicted octanol–water partition coefficient (Wildman–Crippen LogP) is 2.34. The fraction of sp³-hybridized carbons (Fsp3) is 0.125. The number of rotatable bonds is 6. The Hall–Kier alpha value is -2.09. The molecular formula is C16H15IN2O3. The van der Waals surface area contributed by atoms with Crippen LogP contribution in [0.15, 0.2) is 48.5 Å². The monoisotopic (exact) mass is 410 g/mol. The van der Waals surface area contributed by atoms with Crippen LogP contribution in [-0.4, -0.2) is 18.4 Å². The summed E-state index contributed by atoms with van der Waals surface area (Å²) in [4.78, 5) is 22.6. The smallest absolute Gasteiger partial charge is 0.262 e. The van der Waals surface area contributed by atoms with Crippen molar-refractivity contribution in [2.45, 2.75) is 6.42 Å². The van der Waals surface area contributed by atoms with Crippen LogP contribution in [0.1, 0.15) is 5.56 Å². The van der Waals surface area contributed by atoms with Gasteiger partial charge in [0.2, 0.25) is 5.91 Å². The molecule has 0 saturated carbocycles. The van der Waals surface area contributed by atoms with Crippen molar-refractivity contribution < 1.29 is 14.3 Å². The maximum Gasteiger partial charge on any atom is 0.262 e. The van der Waals surface area contributed by atoms with Gasteiger partial charge in [0.25, 0.3) is 5.91 Å². The van der Waals surface area contributed by atoms with Crippen molar-refractivity contribution in [2.75, 3.05) is 11.9 Å². The minimum atomic E-state index is -0.384. The Morgan fingerprint density at radius 2 is 1.68 bits per heavy atom. The molecule has 0 saturated heterocycles. The third-order valence-corrected chi connectivity index (χ3v) is 3.52. The number of carbonyl (C=O) groups is 2. The van der Waals surface area contributed by atoms with Gasteiger partial charge in [0, 0.05) is 9.26 Å². The van der Waals surface area contributed by atoms with Crippen LogP contribution in [0.3, 0.4) is 0 Å². The summed E-state index contributed by atoms with van der Waals surface area (Å²) in [5.74, 6) is -0.0565. The third-order valence-electron chi connectivity index (χ3n) is 2.80. The number of halogens is 1. The Kier molecular flexibility index (Phi) is 5.76. The molecule has 3 N–H and O–H groups in total. The number of hydrogen-bond donors (Lipinski definition) is 2. The summed E-state index contributed by atoms with van der Waals surface area (Å²) in [5, 5.41) is 2.75. The number of primary amides is 1. The van der Waals surface area contributed by atoms with E-state index in [2.05, 4.69) is 27.9 Å². The van der Waals surface area contributed by atoms with E-state index in [4.69, 9.17) is 10.5 Å². The van der Waals surface area contributed by atoms with Crippen LogP contribution in [-0.2, 0) is 16.0 Å². The van der Waals surface area contributed by atoms with E-state index in [9.17, 15) is 9.59 Å². The minimum Gasteiger partial charge on any atom is -0.484 e. The molecule has 2 aromatic rings. The molecule has 0 bridgehead atoms. The molecule has 0 aromatic heterocycles. The number of carbonyl (C=O) groups excluding carboxylic acids is 2. The quantitative estimate of drug-likeness (QED) is 0.718. The van der Waals surface area contributed by atoms with Crippen LogP contribution in [0.4, 0.5) is 5.69 Å². The Balaban J connectivity index is 1.83. The summed E-state index contributed by atoms with van der Waals surface area (Å²) in [5.41, 5.74) is 6.66. The van der Waals surface area contributed by atoms with Crippen LogP contribution in [0.5, 0.6) is 5.75 Å². The fourth-order valence-electron chi connectivity index (χ4n) is 1.78. The maximum atomic E-state index is 11.8. The maximum absolute atomic E-state index is 11.8. The van der Waals surface area contributed by atoms with Crippen LogP contribution >= 0.6 is 22.6 Å². The van der Waals surface area contributed by atoms with Gasteiger partial charge in [0.05, 0.1) is 6.42 Å². The molecule has 0 radical (unpaired) electrons. The van der Waals surface area contributed by atoms with Gasteiger partial charge >= 0.3 is 0 Å². The van der Waals surface area contributed by atoms with Gasteiger partial charge in [0.15, 0.2) is 6.61 Å². The first kappa shape index (κ1) is 16.3. The third kappa shape index (κ3) is 5.36. The highest BCUT2D eigenvalue weighted by molar-refractivity contribution is 14.1. The van der Waals surface area contributed by atoms with Crippen molar-refractivity contribution in [3.63, 3.8) is 0 Å². The summed E-state index contributed by atoms with van der Waals surface area (Å²) < 4.78 is 6.49. The minimum absolute atomic E-state index is 0.0822. The van der Waals surface area contributed by atoms with Crippen molar-refractivity contribution in [1.29, 1.82) is 0 Å². The SMILES string of the molecule is NC(=O)Cc1ccc(OCC(=O)Nc2ccc(I)cc2)cc1. The second kappa shape index (κ2) is 7.79. The van der Waals surface area contributed by atoms with E-state index in [1.807, 2.05) is 24.3 Å². The molecule has 22 heavy (non-hydrogen) atoms. The summed E-state index contributed by atoms with van der Waals surface area (Å²) in [6, 6.07) is 14.4. The van der Waals surface area contributed by atoms with Crippen LogP contribution in [0, 0.1) is 3.57 Å². The van der Waals surface area contributed by atoms with E-state index in [0.29, 0.717) is 5.75 Å². The molecule has 114 valence electrons. The molecular weight excluding hydrogens is 395 g/mol. The molecule has 0 heterocycles.